The van der Waals surface area contributed by atoms with Crippen LogP contribution in [0, 0.1) is 5.92 Å². The molecule has 1 aliphatic rings. The minimum atomic E-state index is -2.58. The number of carbonyl (C=O) groups is 1. The first-order valence-corrected chi connectivity index (χ1v) is 5.81. The molecule has 2 nitrogen and oxygen atoms in total. The van der Waals surface area contributed by atoms with Gasteiger partial charge in [0.05, 0.1) is 0 Å². The summed E-state index contributed by atoms with van der Waals surface area (Å²) in [5, 5.41) is 2.76. The highest BCUT2D eigenvalue weighted by molar-refractivity contribution is 5.92. The molecule has 0 heterocycles. The third kappa shape index (κ3) is 3.25. The first-order chi connectivity index (χ1) is 8.07. The van der Waals surface area contributed by atoms with Crippen LogP contribution in [0.5, 0.6) is 0 Å². The van der Waals surface area contributed by atoms with Crippen molar-refractivity contribution in [2.24, 2.45) is 5.92 Å². The van der Waals surface area contributed by atoms with Crippen LogP contribution in [0.1, 0.15) is 25.7 Å². The first-order valence-electron chi connectivity index (χ1n) is 5.81. The molecular formula is C13H15F2NO. The Bertz CT molecular complexity index is 382. The molecular weight excluding hydrogens is 224 g/mol. The predicted octanol–water partition coefficient (Wildman–Crippen LogP) is 3.45. The fraction of sp³-hybridized carbons (Fsp3) is 0.462. The maximum absolute atomic E-state index is 12.9. The molecule has 1 saturated carbocycles. The molecule has 92 valence electrons. The maximum Gasteiger partial charge on any atom is 0.248 e. The summed E-state index contributed by atoms with van der Waals surface area (Å²) in [6.07, 6.45) is 0.178. The van der Waals surface area contributed by atoms with Crippen molar-refractivity contribution in [3.63, 3.8) is 0 Å². The van der Waals surface area contributed by atoms with Crippen LogP contribution >= 0.6 is 0 Å². The Morgan fingerprint density at radius 1 is 1.18 bits per heavy atom. The molecule has 1 aromatic carbocycles. The molecule has 4 heteroatoms. The van der Waals surface area contributed by atoms with E-state index < -0.39 is 5.92 Å². The van der Waals surface area contributed by atoms with Gasteiger partial charge in [-0.2, -0.15) is 0 Å². The van der Waals surface area contributed by atoms with E-state index in [1.165, 1.54) is 0 Å². The van der Waals surface area contributed by atoms with E-state index in [9.17, 15) is 13.6 Å². The number of anilines is 1. The van der Waals surface area contributed by atoms with Crippen LogP contribution in [0.25, 0.3) is 0 Å². The van der Waals surface area contributed by atoms with E-state index in [2.05, 4.69) is 5.32 Å². The normalized spacial score (nSPS) is 19.9. The molecule has 0 unspecified atom stereocenters. The lowest BCUT2D eigenvalue weighted by Crippen LogP contribution is -2.31. The second-order valence-corrected chi connectivity index (χ2v) is 4.49. The van der Waals surface area contributed by atoms with Gasteiger partial charge in [-0.05, 0) is 25.0 Å². The van der Waals surface area contributed by atoms with E-state index in [1.54, 1.807) is 12.1 Å². The van der Waals surface area contributed by atoms with E-state index in [0.717, 1.165) is 5.69 Å². The highest BCUT2D eigenvalue weighted by Crippen LogP contribution is 2.36. The number of hydrogen-bond donors (Lipinski definition) is 1. The Morgan fingerprint density at radius 2 is 1.76 bits per heavy atom. The SMILES string of the molecule is O=C(Nc1ccccc1)C1CCC(F)(F)CC1. The number of nitrogens with one attached hydrogen (secondary N) is 1. The van der Waals surface area contributed by atoms with Gasteiger partial charge in [0, 0.05) is 24.4 Å². The molecule has 1 aliphatic carbocycles. The van der Waals surface area contributed by atoms with Crippen molar-refractivity contribution in [2.45, 2.75) is 31.6 Å². The van der Waals surface area contributed by atoms with E-state index in [-0.39, 0.29) is 37.5 Å². The van der Waals surface area contributed by atoms with Crippen molar-refractivity contribution in [3.05, 3.63) is 30.3 Å². The van der Waals surface area contributed by atoms with Crippen molar-refractivity contribution in [2.75, 3.05) is 5.32 Å². The van der Waals surface area contributed by atoms with E-state index in [4.69, 9.17) is 0 Å². The van der Waals surface area contributed by atoms with Crippen molar-refractivity contribution < 1.29 is 13.6 Å². The summed E-state index contributed by atoms with van der Waals surface area (Å²) in [6.45, 7) is 0. The van der Waals surface area contributed by atoms with Gasteiger partial charge in [0.25, 0.3) is 0 Å². The zero-order chi connectivity index (χ0) is 12.3. The molecule has 0 aromatic heterocycles. The van der Waals surface area contributed by atoms with Crippen LogP contribution in [-0.2, 0) is 4.79 Å². The number of benzene rings is 1. The molecule has 0 atom stereocenters. The zero-order valence-electron chi connectivity index (χ0n) is 9.46. The molecule has 1 amide bonds. The molecule has 0 bridgehead atoms. The van der Waals surface area contributed by atoms with Gasteiger partial charge in [-0.15, -0.1) is 0 Å². The molecule has 0 saturated heterocycles. The summed E-state index contributed by atoms with van der Waals surface area (Å²) in [5.41, 5.74) is 0.717. The molecule has 1 aromatic rings. The summed E-state index contributed by atoms with van der Waals surface area (Å²) in [5.74, 6) is -3.01. The number of rotatable bonds is 2. The quantitative estimate of drug-likeness (QED) is 0.841. The molecule has 1 fully saturated rings. The average Bonchev–Trinajstić information content (AvgIpc) is 2.30. The van der Waals surface area contributed by atoms with Gasteiger partial charge in [-0.1, -0.05) is 18.2 Å². The average molecular weight is 239 g/mol. The molecule has 17 heavy (non-hydrogen) atoms. The zero-order valence-corrected chi connectivity index (χ0v) is 9.46. The highest BCUT2D eigenvalue weighted by Gasteiger charge is 2.37. The largest absolute Gasteiger partial charge is 0.326 e. The molecule has 0 aliphatic heterocycles. The number of hydrogen-bond acceptors (Lipinski definition) is 1. The molecule has 2 rings (SSSR count). The number of amides is 1. The lowest BCUT2D eigenvalue weighted by atomic mass is 9.86. The van der Waals surface area contributed by atoms with Crippen LogP contribution in [0.4, 0.5) is 14.5 Å². The van der Waals surface area contributed by atoms with Gasteiger partial charge in [-0.25, -0.2) is 8.78 Å². The minimum Gasteiger partial charge on any atom is -0.326 e. The van der Waals surface area contributed by atoms with Crippen LogP contribution in [-0.4, -0.2) is 11.8 Å². The smallest absolute Gasteiger partial charge is 0.248 e. The second-order valence-electron chi connectivity index (χ2n) is 4.49. The Hall–Kier alpha value is -1.45. The maximum atomic E-state index is 12.9. The van der Waals surface area contributed by atoms with Gasteiger partial charge >= 0.3 is 0 Å². The van der Waals surface area contributed by atoms with Crippen molar-refractivity contribution in [1.82, 2.24) is 0 Å². The summed E-state index contributed by atoms with van der Waals surface area (Å²) < 4.78 is 25.9. The summed E-state index contributed by atoms with van der Waals surface area (Å²) >= 11 is 0. The van der Waals surface area contributed by atoms with Crippen molar-refractivity contribution in [1.29, 1.82) is 0 Å². The fourth-order valence-electron chi connectivity index (χ4n) is 2.07. The summed E-state index contributed by atoms with van der Waals surface area (Å²) in [4.78, 5) is 11.8. The fourth-order valence-corrected chi connectivity index (χ4v) is 2.07. The lowest BCUT2D eigenvalue weighted by Gasteiger charge is -2.27. The monoisotopic (exact) mass is 239 g/mol. The van der Waals surface area contributed by atoms with E-state index in [0.29, 0.717) is 0 Å². The lowest BCUT2D eigenvalue weighted by molar-refractivity contribution is -0.124. The Balaban J connectivity index is 1.90. The molecule has 1 N–H and O–H groups in total. The van der Waals surface area contributed by atoms with Crippen molar-refractivity contribution in [3.8, 4) is 0 Å². The summed E-state index contributed by atoms with van der Waals surface area (Å²) in [7, 11) is 0. The van der Waals surface area contributed by atoms with E-state index in [1.807, 2.05) is 18.2 Å². The van der Waals surface area contributed by atoms with Gasteiger partial charge in [0.2, 0.25) is 11.8 Å². The van der Waals surface area contributed by atoms with Gasteiger partial charge in [-0.3, -0.25) is 4.79 Å². The number of halogens is 2. The van der Waals surface area contributed by atoms with Crippen LogP contribution in [0.3, 0.4) is 0 Å². The van der Waals surface area contributed by atoms with Gasteiger partial charge in [0.1, 0.15) is 0 Å². The van der Waals surface area contributed by atoms with Crippen LogP contribution in [0.15, 0.2) is 30.3 Å². The third-order valence-electron chi connectivity index (χ3n) is 3.13. The van der Waals surface area contributed by atoms with Crippen LogP contribution < -0.4 is 5.32 Å². The second kappa shape index (κ2) is 4.82. The van der Waals surface area contributed by atoms with E-state index >= 15 is 0 Å². The van der Waals surface area contributed by atoms with Crippen LogP contribution in [0.2, 0.25) is 0 Å². The number of para-hydroxylation sites is 1. The summed E-state index contributed by atoms with van der Waals surface area (Å²) in [6, 6.07) is 9.08. The molecule has 0 spiro atoms. The highest BCUT2D eigenvalue weighted by atomic mass is 19.3. The predicted molar refractivity (Wildman–Crippen MR) is 62.0 cm³/mol. The Kier molecular flexibility index (Phi) is 3.41. The molecule has 0 radical (unpaired) electrons. The minimum absolute atomic E-state index is 0.147. The van der Waals surface area contributed by atoms with Crippen molar-refractivity contribution >= 4 is 11.6 Å². The Labute approximate surface area is 99.0 Å². The third-order valence-corrected chi connectivity index (χ3v) is 3.13. The number of alkyl halides is 2. The number of carbonyl (C=O) groups excluding carboxylic acids is 1. The standard InChI is InChI=1S/C13H15F2NO/c14-13(15)8-6-10(7-9-13)12(17)16-11-4-2-1-3-5-11/h1-5,10H,6-9H2,(H,16,17). The first kappa shape index (κ1) is 12.0. The Morgan fingerprint density at radius 3 is 2.35 bits per heavy atom. The van der Waals surface area contributed by atoms with Gasteiger partial charge < -0.3 is 5.32 Å². The topological polar surface area (TPSA) is 29.1 Å². The van der Waals surface area contributed by atoms with Gasteiger partial charge in [0.15, 0.2) is 0 Å².